The van der Waals surface area contributed by atoms with Crippen LogP contribution in [0.15, 0.2) is 24.4 Å². The average molecular weight is 305 g/mol. The van der Waals surface area contributed by atoms with Crippen LogP contribution in [0.4, 0.5) is 5.69 Å². The highest BCUT2D eigenvalue weighted by Gasteiger charge is 2.21. The quantitative estimate of drug-likeness (QED) is 0.865. The molecule has 0 aliphatic heterocycles. The van der Waals surface area contributed by atoms with E-state index in [1.54, 1.807) is 18.2 Å². The number of aromatic nitrogens is 2. The van der Waals surface area contributed by atoms with Crippen LogP contribution in [0.25, 0.3) is 0 Å². The number of nitrogens with zero attached hydrogens (tertiary/aromatic N) is 2. The predicted octanol–water partition coefficient (Wildman–Crippen LogP) is 1.39. The number of nitrogens with one attached hydrogen (secondary N) is 1. The van der Waals surface area contributed by atoms with Gasteiger partial charge in [0.25, 0.3) is 5.91 Å². The summed E-state index contributed by atoms with van der Waals surface area (Å²) in [7, 11) is 4.51. The minimum absolute atomic E-state index is 0.170. The third-order valence-electron chi connectivity index (χ3n) is 2.88. The molecule has 1 aromatic carbocycles. The summed E-state index contributed by atoms with van der Waals surface area (Å²) in [5, 5.41) is 15.5. The zero-order chi connectivity index (χ0) is 16.3. The Bertz CT molecular complexity index is 701. The van der Waals surface area contributed by atoms with Crippen molar-refractivity contribution in [1.29, 1.82) is 0 Å². The minimum atomic E-state index is -1.22. The van der Waals surface area contributed by atoms with Gasteiger partial charge in [-0.3, -0.25) is 9.48 Å². The number of methoxy groups -OCH3 is 2. The molecule has 0 saturated heterocycles. The molecule has 8 nitrogen and oxygen atoms in total. The Labute approximate surface area is 126 Å². The van der Waals surface area contributed by atoms with Gasteiger partial charge in [0.2, 0.25) is 0 Å². The molecule has 116 valence electrons. The molecule has 0 unspecified atom stereocenters. The van der Waals surface area contributed by atoms with Crippen LogP contribution in [0.5, 0.6) is 11.5 Å². The third kappa shape index (κ3) is 3.17. The van der Waals surface area contributed by atoms with E-state index in [-0.39, 0.29) is 11.3 Å². The van der Waals surface area contributed by atoms with E-state index < -0.39 is 11.9 Å². The van der Waals surface area contributed by atoms with E-state index in [2.05, 4.69) is 10.4 Å². The van der Waals surface area contributed by atoms with E-state index in [0.29, 0.717) is 17.2 Å². The maximum Gasteiger partial charge on any atom is 0.339 e. The van der Waals surface area contributed by atoms with Gasteiger partial charge >= 0.3 is 5.97 Å². The average Bonchev–Trinajstić information content (AvgIpc) is 2.89. The van der Waals surface area contributed by atoms with Crippen LogP contribution in [0.3, 0.4) is 0 Å². The number of carboxylic acid groups (broad SMARTS) is 1. The van der Waals surface area contributed by atoms with Crippen molar-refractivity contribution < 1.29 is 24.2 Å². The molecule has 0 atom stereocenters. The highest BCUT2D eigenvalue weighted by molar-refractivity contribution is 6.09. The summed E-state index contributed by atoms with van der Waals surface area (Å²) in [4.78, 5) is 23.3. The first-order valence-electron chi connectivity index (χ1n) is 6.26. The number of carbonyl (C=O) groups excluding carboxylic acids is 1. The van der Waals surface area contributed by atoms with E-state index in [1.165, 1.54) is 32.1 Å². The lowest BCUT2D eigenvalue weighted by molar-refractivity contribution is 0.0692. The van der Waals surface area contributed by atoms with Gasteiger partial charge in [0.1, 0.15) is 17.1 Å². The Morgan fingerprint density at radius 2 is 1.77 bits per heavy atom. The molecule has 0 spiro atoms. The van der Waals surface area contributed by atoms with Gasteiger partial charge in [-0.05, 0) is 0 Å². The summed E-state index contributed by atoms with van der Waals surface area (Å²) in [6.07, 6.45) is 1.27. The minimum Gasteiger partial charge on any atom is -0.497 e. The van der Waals surface area contributed by atoms with E-state index in [4.69, 9.17) is 14.6 Å². The molecule has 8 heteroatoms. The normalized spacial score (nSPS) is 10.1. The zero-order valence-electron chi connectivity index (χ0n) is 12.3. The van der Waals surface area contributed by atoms with Crippen LogP contribution < -0.4 is 14.8 Å². The fourth-order valence-electron chi connectivity index (χ4n) is 1.88. The summed E-state index contributed by atoms with van der Waals surface area (Å²) in [5.41, 5.74) is 0.0647. The van der Waals surface area contributed by atoms with Crippen LogP contribution in [0, 0.1) is 0 Å². The van der Waals surface area contributed by atoms with E-state index >= 15 is 0 Å². The largest absolute Gasteiger partial charge is 0.497 e. The van der Waals surface area contributed by atoms with E-state index in [0.717, 1.165) is 0 Å². The molecule has 2 rings (SSSR count). The molecular weight excluding hydrogens is 290 g/mol. The lowest BCUT2D eigenvalue weighted by Gasteiger charge is -2.09. The van der Waals surface area contributed by atoms with Gasteiger partial charge in [-0.25, -0.2) is 4.79 Å². The monoisotopic (exact) mass is 305 g/mol. The molecule has 0 fully saturated rings. The smallest absolute Gasteiger partial charge is 0.339 e. The van der Waals surface area contributed by atoms with Crippen LogP contribution in [0.2, 0.25) is 0 Å². The number of carboxylic acids is 1. The summed E-state index contributed by atoms with van der Waals surface area (Å²) in [5.74, 6) is -0.863. The van der Waals surface area contributed by atoms with Crippen LogP contribution in [-0.2, 0) is 7.05 Å². The number of aryl methyl sites for hydroxylation is 1. The van der Waals surface area contributed by atoms with Crippen LogP contribution in [-0.4, -0.2) is 41.0 Å². The maximum absolute atomic E-state index is 12.2. The van der Waals surface area contributed by atoms with Gasteiger partial charge in [-0.2, -0.15) is 5.10 Å². The number of hydrogen-bond acceptors (Lipinski definition) is 5. The lowest BCUT2D eigenvalue weighted by atomic mass is 10.2. The van der Waals surface area contributed by atoms with Crippen molar-refractivity contribution in [3.8, 4) is 11.5 Å². The Morgan fingerprint density at radius 1 is 1.18 bits per heavy atom. The summed E-state index contributed by atoms with van der Waals surface area (Å²) in [6.45, 7) is 0. The number of aromatic carboxylic acids is 1. The Balaban J connectivity index is 2.31. The molecule has 1 heterocycles. The molecule has 0 radical (unpaired) electrons. The fourth-order valence-corrected chi connectivity index (χ4v) is 1.88. The Hall–Kier alpha value is -3.03. The van der Waals surface area contributed by atoms with Crippen molar-refractivity contribution >= 4 is 17.6 Å². The van der Waals surface area contributed by atoms with Gasteiger partial charge in [-0.15, -0.1) is 0 Å². The molecular formula is C14H15N3O5. The number of hydrogen-bond donors (Lipinski definition) is 2. The standard InChI is InChI=1S/C14H15N3O5/c1-17-7-11(14(19)20)12(16-17)13(18)15-8-4-9(21-2)6-10(5-8)22-3/h4-7H,1-3H3,(H,15,18)(H,19,20). The number of anilines is 1. The molecule has 2 aromatic rings. The molecule has 1 amide bonds. The van der Waals surface area contributed by atoms with E-state index in [9.17, 15) is 9.59 Å². The first-order valence-corrected chi connectivity index (χ1v) is 6.26. The van der Waals surface area contributed by atoms with Crippen molar-refractivity contribution in [3.63, 3.8) is 0 Å². The molecule has 0 saturated carbocycles. The predicted molar refractivity (Wildman–Crippen MR) is 77.7 cm³/mol. The van der Waals surface area contributed by atoms with Crippen molar-refractivity contribution in [1.82, 2.24) is 9.78 Å². The third-order valence-corrected chi connectivity index (χ3v) is 2.88. The summed E-state index contributed by atoms with van der Waals surface area (Å²) < 4.78 is 11.5. The van der Waals surface area contributed by atoms with Gasteiger partial charge in [0.05, 0.1) is 14.2 Å². The molecule has 0 aliphatic rings. The first-order chi connectivity index (χ1) is 10.4. The molecule has 22 heavy (non-hydrogen) atoms. The van der Waals surface area contributed by atoms with Crippen molar-refractivity contribution in [3.05, 3.63) is 35.7 Å². The summed E-state index contributed by atoms with van der Waals surface area (Å²) in [6, 6.07) is 4.83. The summed E-state index contributed by atoms with van der Waals surface area (Å²) >= 11 is 0. The second kappa shape index (κ2) is 6.17. The topological polar surface area (TPSA) is 103 Å². The molecule has 0 aliphatic carbocycles. The zero-order valence-corrected chi connectivity index (χ0v) is 12.3. The van der Waals surface area contributed by atoms with Crippen molar-refractivity contribution in [2.24, 2.45) is 7.05 Å². The molecule has 1 aromatic heterocycles. The number of carbonyl (C=O) groups is 2. The second-order valence-corrected chi connectivity index (χ2v) is 4.43. The van der Waals surface area contributed by atoms with Crippen molar-refractivity contribution in [2.45, 2.75) is 0 Å². The number of ether oxygens (including phenoxy) is 2. The van der Waals surface area contributed by atoms with Gasteiger partial charge < -0.3 is 19.9 Å². The lowest BCUT2D eigenvalue weighted by Crippen LogP contribution is -2.16. The fraction of sp³-hybridized carbons (Fsp3) is 0.214. The number of amides is 1. The highest BCUT2D eigenvalue weighted by atomic mass is 16.5. The van der Waals surface area contributed by atoms with Crippen LogP contribution >= 0.6 is 0 Å². The SMILES string of the molecule is COc1cc(NC(=O)c2nn(C)cc2C(=O)O)cc(OC)c1. The Kier molecular flexibility index (Phi) is 4.31. The molecule has 2 N–H and O–H groups in total. The second-order valence-electron chi connectivity index (χ2n) is 4.43. The van der Waals surface area contributed by atoms with Crippen LogP contribution in [0.1, 0.15) is 20.8 Å². The van der Waals surface area contributed by atoms with Gasteiger partial charge in [-0.1, -0.05) is 0 Å². The van der Waals surface area contributed by atoms with Crippen molar-refractivity contribution in [2.75, 3.05) is 19.5 Å². The highest BCUT2D eigenvalue weighted by Crippen LogP contribution is 2.26. The van der Waals surface area contributed by atoms with Gasteiger partial charge in [0.15, 0.2) is 5.69 Å². The first kappa shape index (κ1) is 15.4. The van der Waals surface area contributed by atoms with Gasteiger partial charge in [0, 0.05) is 37.1 Å². The van der Waals surface area contributed by atoms with E-state index in [1.807, 2.05) is 0 Å². The molecule has 0 bridgehead atoms. The maximum atomic E-state index is 12.2. The Morgan fingerprint density at radius 3 is 2.27 bits per heavy atom. The number of benzene rings is 1. The number of rotatable bonds is 5.